The summed E-state index contributed by atoms with van der Waals surface area (Å²) < 4.78 is 0. The molecule has 1 aromatic carbocycles. The third-order valence-electron chi connectivity index (χ3n) is 2.48. The minimum atomic E-state index is 1.00. The van der Waals surface area contributed by atoms with Crippen LogP contribution in [0.2, 0.25) is 0 Å². The Hall–Kier alpha value is -0.960. The zero-order valence-electron chi connectivity index (χ0n) is 8.41. The second kappa shape index (κ2) is 4.05. The fraction of sp³-hybridized carbons (Fsp3) is 0.364. The monoisotopic (exact) mass is 207 g/mol. The quantitative estimate of drug-likeness (QED) is 0.549. The first kappa shape index (κ1) is 9.59. The summed E-state index contributed by atoms with van der Waals surface area (Å²) in [4.78, 5) is 6.20. The number of hydrogen-bond donors (Lipinski definition) is 0. The minimum Gasteiger partial charge on any atom is -0.399 e. The fourth-order valence-corrected chi connectivity index (χ4v) is 2.54. The average Bonchev–Trinajstić information content (AvgIpc) is 2.62. The van der Waals surface area contributed by atoms with Gasteiger partial charge in [-0.15, -0.1) is 11.8 Å². The first-order valence-corrected chi connectivity index (χ1v) is 5.85. The van der Waals surface area contributed by atoms with Gasteiger partial charge in [0, 0.05) is 10.5 Å². The van der Waals surface area contributed by atoms with Crippen molar-refractivity contribution in [3.63, 3.8) is 0 Å². The van der Waals surface area contributed by atoms with Gasteiger partial charge in [0.15, 0.2) is 0 Å². The molecule has 2 nitrogen and oxygen atoms in total. The zero-order valence-corrected chi connectivity index (χ0v) is 9.23. The Balaban J connectivity index is 2.46. The molecule has 0 heterocycles. The summed E-state index contributed by atoms with van der Waals surface area (Å²) in [5.74, 6) is 0. The van der Waals surface area contributed by atoms with Gasteiger partial charge in [0.1, 0.15) is 7.11 Å². The van der Waals surface area contributed by atoms with E-state index < -0.39 is 0 Å². The molecule has 0 aromatic heterocycles. The van der Waals surface area contributed by atoms with E-state index in [9.17, 15) is 0 Å². The van der Waals surface area contributed by atoms with Gasteiger partial charge in [-0.05, 0) is 30.7 Å². The molecule has 14 heavy (non-hydrogen) atoms. The van der Waals surface area contributed by atoms with Gasteiger partial charge in [-0.25, -0.2) is 0 Å². The molecule has 74 valence electrons. The summed E-state index contributed by atoms with van der Waals surface area (Å²) in [6.07, 6.45) is 4.20. The molecule has 0 unspecified atom stereocenters. The smallest absolute Gasteiger partial charge is 0.106 e. The van der Waals surface area contributed by atoms with Crippen molar-refractivity contribution in [3.05, 3.63) is 29.3 Å². The third-order valence-corrected chi connectivity index (χ3v) is 3.30. The molecule has 1 aliphatic carbocycles. The summed E-state index contributed by atoms with van der Waals surface area (Å²) >= 11 is 1.80. The maximum absolute atomic E-state index is 4.84. The molecule has 0 bridgehead atoms. The van der Waals surface area contributed by atoms with Crippen molar-refractivity contribution < 1.29 is 4.84 Å². The topological polar surface area (TPSA) is 21.6 Å². The summed E-state index contributed by atoms with van der Waals surface area (Å²) in [6, 6.07) is 6.38. The van der Waals surface area contributed by atoms with Crippen molar-refractivity contribution in [1.82, 2.24) is 0 Å². The average molecular weight is 207 g/mol. The highest BCUT2D eigenvalue weighted by Gasteiger charge is 2.20. The minimum absolute atomic E-state index is 1.00. The number of fused-ring (bicyclic) bond motifs is 1. The second-order valence-electron chi connectivity index (χ2n) is 3.21. The molecule has 0 spiro atoms. The number of thioether (sulfide) groups is 1. The van der Waals surface area contributed by atoms with Gasteiger partial charge < -0.3 is 4.84 Å². The molecule has 1 aliphatic rings. The van der Waals surface area contributed by atoms with Crippen molar-refractivity contribution >= 4 is 17.5 Å². The van der Waals surface area contributed by atoms with E-state index >= 15 is 0 Å². The van der Waals surface area contributed by atoms with Crippen LogP contribution in [0, 0.1) is 0 Å². The van der Waals surface area contributed by atoms with Crippen LogP contribution in [0.1, 0.15) is 17.5 Å². The largest absolute Gasteiger partial charge is 0.399 e. The third kappa shape index (κ3) is 1.52. The first-order valence-electron chi connectivity index (χ1n) is 4.63. The molecule has 0 fully saturated rings. The van der Waals surface area contributed by atoms with E-state index in [0.29, 0.717) is 0 Å². The summed E-state index contributed by atoms with van der Waals surface area (Å²) in [6.45, 7) is 0. The summed E-state index contributed by atoms with van der Waals surface area (Å²) in [5, 5.41) is 4.05. The maximum Gasteiger partial charge on any atom is 0.106 e. The van der Waals surface area contributed by atoms with Gasteiger partial charge in [0.2, 0.25) is 0 Å². The van der Waals surface area contributed by atoms with Crippen LogP contribution in [0.4, 0.5) is 0 Å². The standard InChI is InChI=1S/C11H13NOS/c1-13-12-10-7-6-9-8(10)4-3-5-11(9)14-2/h3-5H,6-7H2,1-2H3/b12-10-. The van der Waals surface area contributed by atoms with Gasteiger partial charge in [-0.2, -0.15) is 0 Å². The van der Waals surface area contributed by atoms with Crippen LogP contribution in [-0.2, 0) is 11.3 Å². The van der Waals surface area contributed by atoms with Gasteiger partial charge in [-0.1, -0.05) is 17.3 Å². The van der Waals surface area contributed by atoms with E-state index in [1.54, 1.807) is 18.9 Å². The molecular formula is C11H13NOS. The lowest BCUT2D eigenvalue weighted by Crippen LogP contribution is -1.95. The molecule has 2 rings (SSSR count). The number of oxime groups is 1. The molecule has 0 amide bonds. The number of benzene rings is 1. The van der Waals surface area contributed by atoms with E-state index in [4.69, 9.17) is 4.84 Å². The second-order valence-corrected chi connectivity index (χ2v) is 4.06. The van der Waals surface area contributed by atoms with Gasteiger partial charge in [-0.3, -0.25) is 0 Å². The predicted octanol–water partition coefficient (Wildman–Crippen LogP) is 2.71. The molecule has 0 saturated heterocycles. The van der Waals surface area contributed by atoms with Crippen LogP contribution >= 0.6 is 11.8 Å². The molecule has 0 N–H and O–H groups in total. The van der Waals surface area contributed by atoms with Gasteiger partial charge in [0.05, 0.1) is 5.71 Å². The molecule has 0 aliphatic heterocycles. The molecule has 0 atom stereocenters. The Kier molecular flexibility index (Phi) is 2.77. The lowest BCUT2D eigenvalue weighted by Gasteiger charge is -2.04. The number of hydrogen-bond acceptors (Lipinski definition) is 3. The normalized spacial score (nSPS) is 17.1. The zero-order chi connectivity index (χ0) is 9.97. The Morgan fingerprint density at radius 1 is 1.36 bits per heavy atom. The van der Waals surface area contributed by atoms with Crippen LogP contribution in [0.5, 0.6) is 0 Å². The van der Waals surface area contributed by atoms with Crippen molar-refractivity contribution in [3.8, 4) is 0 Å². The Morgan fingerprint density at radius 3 is 2.93 bits per heavy atom. The van der Waals surface area contributed by atoms with Crippen molar-refractivity contribution in [2.75, 3.05) is 13.4 Å². The first-order chi connectivity index (χ1) is 6.86. The fourth-order valence-electron chi connectivity index (χ4n) is 1.87. The highest BCUT2D eigenvalue weighted by atomic mass is 32.2. The number of rotatable bonds is 2. The van der Waals surface area contributed by atoms with Crippen molar-refractivity contribution in [1.29, 1.82) is 0 Å². The van der Waals surface area contributed by atoms with Crippen molar-refractivity contribution in [2.45, 2.75) is 17.7 Å². The lowest BCUT2D eigenvalue weighted by atomic mass is 10.1. The summed E-state index contributed by atoms with van der Waals surface area (Å²) in [5.41, 5.74) is 3.77. The van der Waals surface area contributed by atoms with Crippen LogP contribution in [-0.4, -0.2) is 19.1 Å². The van der Waals surface area contributed by atoms with Gasteiger partial charge >= 0.3 is 0 Å². The molecule has 3 heteroatoms. The van der Waals surface area contributed by atoms with E-state index in [-0.39, 0.29) is 0 Å². The lowest BCUT2D eigenvalue weighted by molar-refractivity contribution is 0.213. The SMILES string of the molecule is CO/N=C1/CCc2c(SC)cccc21. The Bertz CT molecular complexity index is 374. The van der Waals surface area contributed by atoms with E-state index in [2.05, 4.69) is 29.6 Å². The van der Waals surface area contributed by atoms with Crippen molar-refractivity contribution in [2.24, 2.45) is 5.16 Å². The molecule has 1 aromatic rings. The summed E-state index contributed by atoms with van der Waals surface area (Å²) in [7, 11) is 1.60. The Morgan fingerprint density at radius 2 is 2.21 bits per heavy atom. The van der Waals surface area contributed by atoms with Crippen LogP contribution in [0.15, 0.2) is 28.3 Å². The van der Waals surface area contributed by atoms with Crippen LogP contribution in [0.25, 0.3) is 0 Å². The van der Waals surface area contributed by atoms with E-state index in [1.165, 1.54) is 16.0 Å². The molecular weight excluding hydrogens is 194 g/mol. The van der Waals surface area contributed by atoms with E-state index in [1.807, 2.05) is 0 Å². The van der Waals surface area contributed by atoms with E-state index in [0.717, 1.165) is 18.6 Å². The predicted molar refractivity (Wildman–Crippen MR) is 60.1 cm³/mol. The maximum atomic E-state index is 4.84. The van der Waals surface area contributed by atoms with Gasteiger partial charge in [0.25, 0.3) is 0 Å². The molecule has 0 saturated carbocycles. The van der Waals surface area contributed by atoms with Crippen LogP contribution < -0.4 is 0 Å². The Labute approximate surface area is 88.3 Å². The highest BCUT2D eigenvalue weighted by molar-refractivity contribution is 7.98. The molecule has 0 radical (unpaired) electrons. The van der Waals surface area contributed by atoms with Crippen LogP contribution in [0.3, 0.4) is 0 Å². The number of nitrogens with zero attached hydrogens (tertiary/aromatic N) is 1. The highest BCUT2D eigenvalue weighted by Crippen LogP contribution is 2.30.